The van der Waals surface area contributed by atoms with Gasteiger partial charge in [0, 0.05) is 43.2 Å². The van der Waals surface area contributed by atoms with Crippen molar-refractivity contribution < 1.29 is 14.3 Å². The maximum atomic E-state index is 12.3. The molecular weight excluding hydrogens is 312 g/mol. The minimum Gasteiger partial charge on any atom is -0.486 e. The Morgan fingerprint density at radius 3 is 2.70 bits per heavy atom. The molecule has 0 bridgehead atoms. The monoisotopic (exact) mass is 334 g/mol. The third kappa shape index (κ3) is 3.28. The molecule has 3 aliphatic heterocycles. The number of likely N-dealkylation sites (tertiary alicyclic amines) is 1. The molecule has 23 heavy (non-hydrogen) atoms. The summed E-state index contributed by atoms with van der Waals surface area (Å²) >= 11 is 1.71. The molecule has 1 aromatic rings. The van der Waals surface area contributed by atoms with Crippen LogP contribution < -0.4 is 14.8 Å². The van der Waals surface area contributed by atoms with Gasteiger partial charge in [0.1, 0.15) is 13.2 Å². The Morgan fingerprint density at radius 2 is 1.91 bits per heavy atom. The second kappa shape index (κ2) is 6.61. The van der Waals surface area contributed by atoms with Crippen LogP contribution >= 0.6 is 11.8 Å². The van der Waals surface area contributed by atoms with Crippen LogP contribution in [0.25, 0.3) is 0 Å². The number of thioether (sulfide) groups is 1. The molecule has 2 fully saturated rings. The number of ether oxygens (including phenoxy) is 2. The lowest BCUT2D eigenvalue weighted by Crippen LogP contribution is -2.32. The fraction of sp³-hybridized carbons (Fsp3) is 0.588. The summed E-state index contributed by atoms with van der Waals surface area (Å²) in [7, 11) is 0. The van der Waals surface area contributed by atoms with Crippen molar-refractivity contribution in [3.63, 3.8) is 0 Å². The van der Waals surface area contributed by atoms with Gasteiger partial charge < -0.3 is 19.7 Å². The molecule has 0 saturated carbocycles. The van der Waals surface area contributed by atoms with Gasteiger partial charge in [-0.3, -0.25) is 4.79 Å². The Hall–Kier alpha value is -1.40. The molecule has 2 atom stereocenters. The predicted molar refractivity (Wildman–Crippen MR) is 89.2 cm³/mol. The smallest absolute Gasteiger partial charge is 0.223 e. The summed E-state index contributed by atoms with van der Waals surface area (Å²) in [5.41, 5.74) is 0. The summed E-state index contributed by atoms with van der Waals surface area (Å²) in [5.74, 6) is 4.07. The van der Waals surface area contributed by atoms with Gasteiger partial charge in [-0.2, -0.15) is 0 Å². The molecule has 6 heteroatoms. The van der Waals surface area contributed by atoms with E-state index in [4.69, 9.17) is 9.47 Å². The van der Waals surface area contributed by atoms with Crippen molar-refractivity contribution in [2.75, 3.05) is 45.1 Å². The van der Waals surface area contributed by atoms with Crippen molar-refractivity contribution in [2.45, 2.75) is 11.3 Å². The van der Waals surface area contributed by atoms with Crippen molar-refractivity contribution in [2.24, 2.45) is 11.8 Å². The number of rotatable bonds is 4. The van der Waals surface area contributed by atoms with Crippen molar-refractivity contribution in [3.8, 4) is 11.5 Å². The van der Waals surface area contributed by atoms with E-state index in [0.717, 1.165) is 48.3 Å². The fourth-order valence-corrected chi connectivity index (χ4v) is 4.45. The number of carbonyl (C=O) groups excluding carboxylic acids is 1. The average molecular weight is 334 g/mol. The first-order valence-corrected chi connectivity index (χ1v) is 9.29. The first-order chi connectivity index (χ1) is 11.3. The lowest BCUT2D eigenvalue weighted by atomic mass is 10.0. The van der Waals surface area contributed by atoms with Gasteiger partial charge in [0.05, 0.1) is 0 Å². The van der Waals surface area contributed by atoms with E-state index >= 15 is 0 Å². The van der Waals surface area contributed by atoms with E-state index in [2.05, 4.69) is 10.2 Å². The van der Waals surface area contributed by atoms with E-state index < -0.39 is 0 Å². The molecule has 0 aromatic heterocycles. The zero-order chi connectivity index (χ0) is 15.6. The van der Waals surface area contributed by atoms with Crippen LogP contribution in [0.15, 0.2) is 23.1 Å². The maximum absolute atomic E-state index is 12.3. The lowest BCUT2D eigenvalue weighted by Gasteiger charge is -2.19. The zero-order valence-electron chi connectivity index (χ0n) is 13.1. The Labute approximate surface area is 140 Å². The van der Waals surface area contributed by atoms with E-state index in [1.165, 1.54) is 0 Å². The van der Waals surface area contributed by atoms with E-state index in [0.29, 0.717) is 37.4 Å². The second-order valence-corrected chi connectivity index (χ2v) is 7.55. The Morgan fingerprint density at radius 1 is 1.17 bits per heavy atom. The highest BCUT2D eigenvalue weighted by Crippen LogP contribution is 2.34. The van der Waals surface area contributed by atoms with E-state index in [9.17, 15) is 4.79 Å². The topological polar surface area (TPSA) is 50.8 Å². The third-order valence-corrected chi connectivity index (χ3v) is 5.84. The lowest BCUT2D eigenvalue weighted by molar-refractivity contribution is -0.129. The minimum absolute atomic E-state index is 0.296. The van der Waals surface area contributed by atoms with Gasteiger partial charge in [-0.05, 0) is 30.0 Å². The number of hydrogen-bond donors (Lipinski definition) is 1. The van der Waals surface area contributed by atoms with Crippen molar-refractivity contribution in [1.82, 2.24) is 10.2 Å². The van der Waals surface area contributed by atoms with Gasteiger partial charge in [0.2, 0.25) is 5.91 Å². The largest absolute Gasteiger partial charge is 0.486 e. The molecule has 3 heterocycles. The van der Waals surface area contributed by atoms with Crippen molar-refractivity contribution >= 4 is 17.7 Å². The average Bonchev–Trinajstić information content (AvgIpc) is 3.16. The zero-order valence-corrected chi connectivity index (χ0v) is 13.9. The predicted octanol–water partition coefficient (Wildman–Crippen LogP) is 1.62. The van der Waals surface area contributed by atoms with Gasteiger partial charge in [0.15, 0.2) is 11.5 Å². The number of carbonyl (C=O) groups is 1. The number of benzene rings is 1. The number of amides is 1. The first-order valence-electron chi connectivity index (χ1n) is 8.30. The van der Waals surface area contributed by atoms with Crippen LogP contribution in [-0.2, 0) is 4.79 Å². The highest BCUT2D eigenvalue weighted by atomic mass is 32.2. The SMILES string of the molecule is O=C(CCSc1ccc2c(c1)OCCO2)N1C[C@H]2CNC[C@H]2C1. The molecule has 0 aliphatic carbocycles. The Bertz CT molecular complexity index is 583. The van der Waals surface area contributed by atoms with Crippen LogP contribution in [0.1, 0.15) is 6.42 Å². The number of nitrogens with zero attached hydrogens (tertiary/aromatic N) is 1. The van der Waals surface area contributed by atoms with Crippen LogP contribution in [-0.4, -0.2) is 56.0 Å². The van der Waals surface area contributed by atoms with E-state index in [-0.39, 0.29) is 0 Å². The minimum atomic E-state index is 0.296. The third-order valence-electron chi connectivity index (χ3n) is 4.84. The molecule has 2 saturated heterocycles. The summed E-state index contributed by atoms with van der Waals surface area (Å²) in [4.78, 5) is 15.5. The molecule has 5 nitrogen and oxygen atoms in total. The number of fused-ring (bicyclic) bond motifs is 2. The second-order valence-electron chi connectivity index (χ2n) is 6.38. The van der Waals surface area contributed by atoms with Gasteiger partial charge in [0.25, 0.3) is 0 Å². The Balaban J connectivity index is 1.26. The summed E-state index contributed by atoms with van der Waals surface area (Å²) < 4.78 is 11.1. The molecule has 0 radical (unpaired) electrons. The van der Waals surface area contributed by atoms with E-state index in [1.807, 2.05) is 18.2 Å². The summed E-state index contributed by atoms with van der Waals surface area (Å²) in [5, 5.41) is 3.41. The van der Waals surface area contributed by atoms with Gasteiger partial charge in [-0.1, -0.05) is 0 Å². The van der Waals surface area contributed by atoms with E-state index in [1.54, 1.807) is 11.8 Å². The molecule has 124 valence electrons. The summed E-state index contributed by atoms with van der Waals surface area (Å²) in [6, 6.07) is 6.00. The van der Waals surface area contributed by atoms with Gasteiger partial charge in [-0.25, -0.2) is 0 Å². The first kappa shape index (κ1) is 15.1. The highest BCUT2D eigenvalue weighted by Gasteiger charge is 2.37. The molecule has 0 spiro atoms. The van der Waals surface area contributed by atoms with Crippen LogP contribution in [0, 0.1) is 11.8 Å². The number of nitrogens with one attached hydrogen (secondary N) is 1. The Kier molecular flexibility index (Phi) is 4.35. The maximum Gasteiger partial charge on any atom is 0.223 e. The molecule has 0 unspecified atom stereocenters. The standard InChI is InChI=1S/C17H22N2O3S/c20-17(19-10-12-8-18-9-13(12)11-19)3-6-23-14-1-2-15-16(7-14)22-5-4-21-15/h1-2,7,12-13,18H,3-6,8-11H2/t12-,13+. The molecule has 4 rings (SSSR count). The van der Waals surface area contributed by atoms with Crippen LogP contribution in [0.3, 0.4) is 0 Å². The quantitative estimate of drug-likeness (QED) is 0.848. The van der Waals surface area contributed by atoms with Crippen LogP contribution in [0.5, 0.6) is 11.5 Å². The molecule has 1 amide bonds. The molecule has 1 aromatic carbocycles. The summed E-state index contributed by atoms with van der Waals surface area (Å²) in [6.07, 6.45) is 0.603. The fourth-order valence-electron chi connectivity index (χ4n) is 3.59. The normalized spacial score (nSPS) is 25.5. The van der Waals surface area contributed by atoms with Gasteiger partial charge in [-0.15, -0.1) is 11.8 Å². The molecule has 3 aliphatic rings. The highest BCUT2D eigenvalue weighted by molar-refractivity contribution is 7.99. The number of hydrogen-bond acceptors (Lipinski definition) is 5. The van der Waals surface area contributed by atoms with Crippen LogP contribution in [0.2, 0.25) is 0 Å². The molecular formula is C17H22N2O3S. The van der Waals surface area contributed by atoms with Gasteiger partial charge >= 0.3 is 0 Å². The summed E-state index contributed by atoms with van der Waals surface area (Å²) in [6.45, 7) is 5.23. The van der Waals surface area contributed by atoms with Crippen LogP contribution in [0.4, 0.5) is 0 Å². The molecule has 1 N–H and O–H groups in total. The van der Waals surface area contributed by atoms with Crippen molar-refractivity contribution in [3.05, 3.63) is 18.2 Å². The van der Waals surface area contributed by atoms with Crippen molar-refractivity contribution in [1.29, 1.82) is 0 Å².